The minimum Gasteiger partial charge on any atom is -0.353 e. The molecule has 0 aliphatic carbocycles. The van der Waals surface area contributed by atoms with Crippen LogP contribution in [0.15, 0.2) is 12.7 Å². The van der Waals surface area contributed by atoms with Gasteiger partial charge in [0.2, 0.25) is 0 Å². The third-order valence-corrected chi connectivity index (χ3v) is 3.52. The molecular weight excluding hydrogens is 353 g/mol. The maximum absolute atomic E-state index is 12.1. The van der Waals surface area contributed by atoms with E-state index in [1.807, 2.05) is 6.92 Å². The molecule has 0 fully saturated rings. The summed E-state index contributed by atoms with van der Waals surface area (Å²) >= 11 is 0. The van der Waals surface area contributed by atoms with Crippen molar-refractivity contribution in [2.45, 2.75) is 19.9 Å². The molecule has 12 heteroatoms. The minimum absolute atomic E-state index is 0.108. The molecule has 0 aliphatic heterocycles. The summed E-state index contributed by atoms with van der Waals surface area (Å²) in [7, 11) is -3.56. The van der Waals surface area contributed by atoms with Gasteiger partial charge in [0.25, 0.3) is 5.91 Å². The summed E-state index contributed by atoms with van der Waals surface area (Å²) in [6.07, 6.45) is 3.53. The van der Waals surface area contributed by atoms with Gasteiger partial charge in [-0.15, -0.1) is 0 Å². The number of rotatable bonds is 10. The Kier molecular flexibility index (Phi) is 6.97. The van der Waals surface area contributed by atoms with Crippen molar-refractivity contribution in [1.29, 1.82) is 0 Å². The molecule has 25 heavy (non-hydrogen) atoms. The second kappa shape index (κ2) is 8.97. The molecule has 138 valence electrons. The van der Waals surface area contributed by atoms with Gasteiger partial charge in [0, 0.05) is 13.2 Å². The fraction of sp³-hybridized carbons (Fsp3) is 0.538. The number of ether oxygens (including phenoxy) is 1. The molecule has 2 N–H and O–H groups in total. The molecule has 0 aliphatic rings. The number of carbonyl (C=O) groups is 1. The molecule has 11 nitrogen and oxygen atoms in total. The molecular formula is C13H20N5O6P. The normalized spacial score (nSPS) is 13.7. The highest BCUT2D eigenvalue weighted by molar-refractivity contribution is 7.51. The van der Waals surface area contributed by atoms with Crippen LogP contribution in [0.3, 0.4) is 0 Å². The van der Waals surface area contributed by atoms with Crippen LogP contribution in [0.25, 0.3) is 11.2 Å². The Morgan fingerprint density at radius 3 is 2.88 bits per heavy atom. The summed E-state index contributed by atoms with van der Waals surface area (Å²) in [4.78, 5) is 38.3. The van der Waals surface area contributed by atoms with E-state index < -0.39 is 13.5 Å². The van der Waals surface area contributed by atoms with Crippen LogP contribution in [0.2, 0.25) is 0 Å². The number of nitrogens with zero attached hydrogens (tertiary/aromatic N) is 4. The first-order valence-corrected chi connectivity index (χ1v) is 9.55. The van der Waals surface area contributed by atoms with Crippen molar-refractivity contribution in [2.24, 2.45) is 0 Å². The van der Waals surface area contributed by atoms with E-state index in [1.54, 1.807) is 4.57 Å². The van der Waals surface area contributed by atoms with Gasteiger partial charge in [-0.3, -0.25) is 18.7 Å². The fourth-order valence-electron chi connectivity index (χ4n) is 1.83. The smallest absolute Gasteiger partial charge is 0.327 e. The number of fused-ring (bicyclic) bond motifs is 1. The number of hydrogen-bond acceptors (Lipinski definition) is 8. The van der Waals surface area contributed by atoms with Crippen LogP contribution in [-0.4, -0.2) is 57.0 Å². The second-order valence-electron chi connectivity index (χ2n) is 5.07. The Balaban J connectivity index is 1.98. The predicted octanol–water partition coefficient (Wildman–Crippen LogP) is 0.704. The Labute approximate surface area is 143 Å². The van der Waals surface area contributed by atoms with Gasteiger partial charge in [0.15, 0.2) is 18.1 Å². The topological polar surface area (TPSA) is 138 Å². The minimum atomic E-state index is -3.56. The summed E-state index contributed by atoms with van der Waals surface area (Å²) in [5.41, 5.74) is 3.21. The molecule has 0 radical (unpaired) electrons. The summed E-state index contributed by atoms with van der Waals surface area (Å²) in [6.45, 7) is 3.66. The molecule has 2 heterocycles. The zero-order chi connectivity index (χ0) is 18.3. The molecule has 0 spiro atoms. The van der Waals surface area contributed by atoms with E-state index in [1.165, 1.54) is 12.7 Å². The fourth-order valence-corrected chi connectivity index (χ4v) is 2.10. The van der Waals surface area contributed by atoms with Gasteiger partial charge in [-0.2, -0.15) is 0 Å². The van der Waals surface area contributed by atoms with E-state index in [9.17, 15) is 9.36 Å². The molecule has 0 aromatic carbocycles. The van der Waals surface area contributed by atoms with E-state index in [-0.39, 0.29) is 19.1 Å². The van der Waals surface area contributed by atoms with E-state index in [0.29, 0.717) is 24.3 Å². The van der Waals surface area contributed by atoms with Crippen LogP contribution in [-0.2, 0) is 25.2 Å². The van der Waals surface area contributed by atoms with Crippen LogP contribution >= 0.6 is 7.60 Å². The molecule has 0 bridgehead atoms. The number of hydroxylamine groups is 1. The largest absolute Gasteiger partial charge is 0.353 e. The zero-order valence-electron chi connectivity index (χ0n) is 13.9. The van der Waals surface area contributed by atoms with Crippen molar-refractivity contribution in [3.05, 3.63) is 18.3 Å². The molecule has 1 amide bonds. The number of hydrogen-bond donors (Lipinski definition) is 2. The second-order valence-corrected chi connectivity index (χ2v) is 6.93. The first kappa shape index (κ1) is 19.4. The lowest BCUT2D eigenvalue weighted by molar-refractivity contribution is 0.00698. The van der Waals surface area contributed by atoms with Crippen LogP contribution in [0.5, 0.6) is 0 Å². The number of aromatic nitrogens is 4. The molecule has 1 atom stereocenters. The quantitative estimate of drug-likeness (QED) is 0.267. The van der Waals surface area contributed by atoms with E-state index in [4.69, 9.17) is 14.5 Å². The van der Waals surface area contributed by atoms with Gasteiger partial charge in [-0.1, -0.05) is 6.92 Å². The standard InChI is InChI=1S/C13H20N5O6P/c1-3-5-23-17-13(19)11-10-12(15-7-14-11)18(8-16-10)4-6-22-9-24-25(2,20)21/h7-8H,3-6,9H2,1-2H3,(H,17,19)(H,20,21). The number of imidazole rings is 1. The maximum Gasteiger partial charge on any atom is 0.327 e. The van der Waals surface area contributed by atoms with Crippen LogP contribution < -0.4 is 5.48 Å². The third-order valence-electron chi connectivity index (χ3n) is 2.94. The molecule has 2 aromatic rings. The monoisotopic (exact) mass is 373 g/mol. The lowest BCUT2D eigenvalue weighted by atomic mass is 10.3. The Morgan fingerprint density at radius 2 is 2.16 bits per heavy atom. The Morgan fingerprint density at radius 1 is 1.36 bits per heavy atom. The first-order valence-electron chi connectivity index (χ1n) is 7.53. The van der Waals surface area contributed by atoms with Gasteiger partial charge >= 0.3 is 7.60 Å². The molecule has 0 saturated heterocycles. The average molecular weight is 373 g/mol. The summed E-state index contributed by atoms with van der Waals surface area (Å²) in [6, 6.07) is 0. The van der Waals surface area contributed by atoms with Gasteiger partial charge in [0.05, 0.1) is 19.5 Å². The van der Waals surface area contributed by atoms with E-state index in [0.717, 1.165) is 13.1 Å². The third kappa shape index (κ3) is 5.83. The van der Waals surface area contributed by atoms with Gasteiger partial charge in [-0.25, -0.2) is 20.4 Å². The molecule has 2 aromatic heterocycles. The van der Waals surface area contributed by atoms with Crippen molar-refractivity contribution >= 4 is 24.7 Å². The van der Waals surface area contributed by atoms with E-state index in [2.05, 4.69) is 25.0 Å². The highest BCUT2D eigenvalue weighted by Crippen LogP contribution is 2.35. The van der Waals surface area contributed by atoms with Crippen molar-refractivity contribution in [2.75, 3.05) is 26.7 Å². The van der Waals surface area contributed by atoms with Crippen molar-refractivity contribution < 1.29 is 28.4 Å². The zero-order valence-corrected chi connectivity index (χ0v) is 14.8. The maximum atomic E-state index is 12.1. The average Bonchev–Trinajstić information content (AvgIpc) is 2.97. The Hall–Kier alpha value is -1.91. The van der Waals surface area contributed by atoms with E-state index >= 15 is 0 Å². The summed E-state index contributed by atoms with van der Waals surface area (Å²) < 4.78 is 22.4. The lowest BCUT2D eigenvalue weighted by Crippen LogP contribution is -2.25. The first-order chi connectivity index (χ1) is 11.9. The number of nitrogens with one attached hydrogen (secondary N) is 1. The van der Waals surface area contributed by atoms with Gasteiger partial charge in [0.1, 0.15) is 11.8 Å². The van der Waals surface area contributed by atoms with Crippen molar-refractivity contribution in [3.63, 3.8) is 0 Å². The van der Waals surface area contributed by atoms with Crippen LogP contribution in [0, 0.1) is 0 Å². The lowest BCUT2D eigenvalue weighted by Gasteiger charge is -2.08. The summed E-state index contributed by atoms with van der Waals surface area (Å²) in [5, 5.41) is 0. The molecule has 1 unspecified atom stereocenters. The van der Waals surface area contributed by atoms with Crippen molar-refractivity contribution in [1.82, 2.24) is 25.0 Å². The van der Waals surface area contributed by atoms with Crippen LogP contribution in [0.4, 0.5) is 0 Å². The number of amides is 1. The SMILES string of the molecule is CCCONC(=O)c1ncnc2c1ncn2CCOCOP(C)(=O)O. The van der Waals surface area contributed by atoms with Gasteiger partial charge in [-0.05, 0) is 6.42 Å². The number of carbonyl (C=O) groups excluding carboxylic acids is 1. The molecule has 0 saturated carbocycles. The Bertz CT molecular complexity index is 760. The van der Waals surface area contributed by atoms with Crippen molar-refractivity contribution in [3.8, 4) is 0 Å². The van der Waals surface area contributed by atoms with Crippen LogP contribution in [0.1, 0.15) is 23.8 Å². The molecule has 2 rings (SSSR count). The summed E-state index contributed by atoms with van der Waals surface area (Å²) in [5.74, 6) is -0.502. The highest BCUT2D eigenvalue weighted by atomic mass is 31.2. The van der Waals surface area contributed by atoms with Gasteiger partial charge < -0.3 is 14.2 Å². The predicted molar refractivity (Wildman–Crippen MR) is 86.7 cm³/mol. The highest BCUT2D eigenvalue weighted by Gasteiger charge is 2.16.